The molecule has 0 amide bonds. The maximum absolute atomic E-state index is 2.61. The molecule has 0 saturated heterocycles. The van der Waals surface area contributed by atoms with Gasteiger partial charge in [0.05, 0.1) is 16.7 Å². The molecule has 3 spiro atoms. The summed E-state index contributed by atoms with van der Waals surface area (Å²) in [6.45, 7) is 0. The summed E-state index contributed by atoms with van der Waals surface area (Å²) in [4.78, 5) is 7.46. The highest BCUT2D eigenvalue weighted by molar-refractivity contribution is 6.11. The lowest BCUT2D eigenvalue weighted by molar-refractivity contribution is -0.0399. The van der Waals surface area contributed by atoms with Crippen LogP contribution in [0.4, 0.5) is 51.2 Å². The third-order valence-electron chi connectivity index (χ3n) is 35.8. The van der Waals surface area contributed by atoms with Crippen LogP contribution in [0.25, 0.3) is 93.9 Å². The molecule has 17 aromatic carbocycles. The molecule has 18 aromatic rings. The summed E-state index contributed by atoms with van der Waals surface area (Å²) in [6.07, 6.45) is 21.3. The Labute approximate surface area is 788 Å². The van der Waals surface area contributed by atoms with E-state index in [4.69, 9.17) is 0 Å². The van der Waals surface area contributed by atoms with Crippen molar-refractivity contribution in [1.29, 1.82) is 0 Å². The predicted octanol–water partition coefficient (Wildman–Crippen LogP) is 34.2. The molecule has 15 aliphatic carbocycles. The van der Waals surface area contributed by atoms with Crippen molar-refractivity contribution < 1.29 is 0 Å². The fourth-order valence-electron chi connectivity index (χ4n) is 31.5. The van der Waals surface area contributed by atoms with Crippen LogP contribution in [-0.2, 0) is 16.2 Å². The molecule has 0 unspecified atom stereocenters. The molecule has 33 rings (SSSR count). The van der Waals surface area contributed by atoms with Crippen LogP contribution < -0.4 is 14.7 Å². The highest BCUT2D eigenvalue weighted by Crippen LogP contribution is 2.74. The quantitative estimate of drug-likeness (QED) is 0.121. The van der Waals surface area contributed by atoms with Crippen LogP contribution in [0.5, 0.6) is 0 Å². The Morgan fingerprint density at radius 1 is 0.187 bits per heavy atom. The van der Waals surface area contributed by atoms with E-state index in [1.54, 1.807) is 33.4 Å². The molecule has 0 N–H and O–H groups in total. The van der Waals surface area contributed by atoms with Crippen LogP contribution in [0.15, 0.2) is 413 Å². The van der Waals surface area contributed by atoms with Gasteiger partial charge in [0.15, 0.2) is 0 Å². The van der Waals surface area contributed by atoms with E-state index < -0.39 is 0 Å². The molecule has 12 bridgehead atoms. The highest BCUT2D eigenvalue weighted by Gasteiger charge is 2.65. The summed E-state index contributed by atoms with van der Waals surface area (Å²) < 4.78 is 2.43. The summed E-state index contributed by atoms with van der Waals surface area (Å²) in [7, 11) is 0. The molecule has 0 aliphatic heterocycles. The van der Waals surface area contributed by atoms with Crippen LogP contribution in [-0.4, -0.2) is 4.57 Å². The fraction of sp³-hybridized carbons (Fsp3) is 0.231. The largest absolute Gasteiger partial charge is 0.310 e. The van der Waals surface area contributed by atoms with Gasteiger partial charge in [0.1, 0.15) is 0 Å². The van der Waals surface area contributed by atoms with Gasteiger partial charge in [-0.15, -0.1) is 0 Å². The Morgan fingerprint density at radius 3 is 0.918 bits per heavy atom. The van der Waals surface area contributed by atoms with Crippen LogP contribution in [0.3, 0.4) is 0 Å². The monoisotopic (exact) mass is 1730 g/mol. The molecule has 1 aromatic heterocycles. The molecular weight excluding hydrogens is 1620 g/mol. The molecule has 0 radical (unpaired) electrons. The van der Waals surface area contributed by atoms with Gasteiger partial charge in [0.2, 0.25) is 0 Å². The zero-order chi connectivity index (χ0) is 87.9. The van der Waals surface area contributed by atoms with Gasteiger partial charge in [-0.1, -0.05) is 291 Å². The first-order valence-corrected chi connectivity index (χ1v) is 50.4. The van der Waals surface area contributed by atoms with Crippen molar-refractivity contribution in [3.63, 3.8) is 0 Å². The Kier molecular flexibility index (Phi) is 18.3. The number of fused-ring (bicyclic) bond motifs is 13. The first-order valence-electron chi connectivity index (χ1n) is 50.4. The summed E-state index contributed by atoms with van der Waals surface area (Å²) in [5.74, 6) is 10.2. The molecule has 4 heteroatoms. The summed E-state index contributed by atoms with van der Waals surface area (Å²) in [5, 5.41) is 5.13. The van der Waals surface area contributed by atoms with Crippen molar-refractivity contribution in [3.8, 4) is 61.3 Å². The van der Waals surface area contributed by atoms with E-state index in [1.807, 2.05) is 0 Å². The second-order valence-corrected chi connectivity index (χ2v) is 42.2. The molecule has 12 fully saturated rings. The van der Waals surface area contributed by atoms with Gasteiger partial charge in [-0.3, -0.25) is 0 Å². The number of nitrogens with zero attached hydrogens (tertiary/aromatic N) is 4. The Morgan fingerprint density at radius 2 is 0.478 bits per heavy atom. The standard InChI is InChI=1S/C46H38N2.C46H39N.C38H33N/c1-3-11-34(12-4-1)47(37-20-22-41-40-16-8-10-18-44(40)48(45(41)29-37)35-13-5-2-6-14-35)36-19-21-39-38-15-7-9-17-42(38)46(43(39)28-36)32-24-30-23-31(26-32)27-33(46)25-30;1-3-9-33(10-4-1)34-15-17-35(18-16-34)36-19-21-40(22-20-36)47(39-11-5-2-6-12-39)41-23-24-43-42-13-7-8-14-44(42)46(45(43)30-41)37-26-31-25-32(28-37)29-38(46)27-31;1-2-11-30(12-3-1)39(37-16-8-10-27-9-4-5-13-32(27)37)31-17-18-34-33-14-6-7-15-35(33)38(36(34)24-31)28-20-25-19-26(22-28)23-29(38)21-25/h1-22,28-33H,23-27H2;1-24,30-32,37-38H,25-29H2;1-18,24-26,28-29H,19-23H2. The number of para-hydroxylation sites is 5. The van der Waals surface area contributed by atoms with E-state index in [2.05, 4.69) is 432 Å². The minimum absolute atomic E-state index is 0.140. The fourth-order valence-corrected chi connectivity index (χ4v) is 31.5. The summed E-state index contributed by atoms with van der Waals surface area (Å²) >= 11 is 0. The number of hydrogen-bond acceptors (Lipinski definition) is 3. The number of benzene rings is 17. The van der Waals surface area contributed by atoms with Gasteiger partial charge >= 0.3 is 0 Å². The Hall–Kier alpha value is -13.8. The lowest BCUT2D eigenvalue weighted by Crippen LogP contribution is -2.55. The van der Waals surface area contributed by atoms with Gasteiger partial charge in [0, 0.05) is 83.6 Å². The summed E-state index contributed by atoms with van der Waals surface area (Å²) in [6, 6.07) is 154. The van der Waals surface area contributed by atoms with E-state index >= 15 is 0 Å². The highest BCUT2D eigenvalue weighted by atomic mass is 15.2. The molecular formula is C130H110N4. The Balaban J connectivity index is 0.000000101. The summed E-state index contributed by atoms with van der Waals surface area (Å²) in [5.41, 5.74) is 38.6. The minimum Gasteiger partial charge on any atom is -0.310 e. The lowest BCUT2D eigenvalue weighted by atomic mass is 9.43. The number of anilines is 9. The van der Waals surface area contributed by atoms with E-state index in [0.29, 0.717) is 0 Å². The second-order valence-electron chi connectivity index (χ2n) is 42.2. The maximum Gasteiger partial charge on any atom is 0.0561 e. The molecule has 12 saturated carbocycles. The van der Waals surface area contributed by atoms with E-state index in [1.165, 1.54) is 241 Å². The van der Waals surface area contributed by atoms with Gasteiger partial charge < -0.3 is 19.3 Å². The number of rotatable bonds is 12. The van der Waals surface area contributed by atoms with Crippen molar-refractivity contribution in [2.24, 2.45) is 71.0 Å². The Bertz CT molecular complexity index is 7510. The first-order chi connectivity index (χ1) is 66.3. The first kappa shape index (κ1) is 78.8. The average molecular weight is 1730 g/mol. The third-order valence-corrected chi connectivity index (χ3v) is 35.8. The van der Waals surface area contributed by atoms with Crippen molar-refractivity contribution in [1.82, 2.24) is 4.57 Å². The van der Waals surface area contributed by atoms with Gasteiger partial charge in [-0.2, -0.15) is 0 Å². The number of aromatic nitrogens is 1. The topological polar surface area (TPSA) is 14.7 Å². The van der Waals surface area contributed by atoms with Crippen LogP contribution >= 0.6 is 0 Å². The molecule has 134 heavy (non-hydrogen) atoms. The zero-order valence-corrected chi connectivity index (χ0v) is 76.1. The van der Waals surface area contributed by atoms with Crippen LogP contribution in [0, 0.1) is 71.0 Å². The normalized spacial score (nSPS) is 25.6. The van der Waals surface area contributed by atoms with E-state index in [-0.39, 0.29) is 16.2 Å². The maximum atomic E-state index is 2.61. The van der Waals surface area contributed by atoms with Crippen LogP contribution in [0.2, 0.25) is 0 Å². The van der Waals surface area contributed by atoms with Crippen LogP contribution in [0.1, 0.15) is 130 Å². The molecule has 1 heterocycles. The van der Waals surface area contributed by atoms with Crippen molar-refractivity contribution >= 4 is 83.8 Å². The SMILES string of the molecule is c1ccc(-c2ccc(-c3ccc(N(c4ccccc4)c4ccc5c(c4)C4(c6ccccc6-5)C5CC6CC(C5)CC4C6)cc3)cc2)cc1.c1ccc(N(c2ccc3c(c2)C2(c4ccccc4-3)C3CC4CC(C3)CC2C4)c2ccc3c4ccccc4n(-c4ccccc4)c3c2)cc1.c1ccc(N(c2ccc3c(c2)C2(c4ccccc4-3)C3CC4CC(C3)CC2C4)c2cccc3ccccc23)cc1. The van der Waals surface area contributed by atoms with Crippen molar-refractivity contribution in [2.45, 2.75) is 113 Å². The molecule has 4 nitrogen and oxygen atoms in total. The zero-order valence-electron chi connectivity index (χ0n) is 76.1. The minimum atomic E-state index is 0.140. The molecule has 0 atom stereocenters. The van der Waals surface area contributed by atoms with E-state index in [9.17, 15) is 0 Å². The molecule has 650 valence electrons. The van der Waals surface area contributed by atoms with Gasteiger partial charge in [-0.05, 0) is 383 Å². The van der Waals surface area contributed by atoms with Gasteiger partial charge in [-0.25, -0.2) is 0 Å². The van der Waals surface area contributed by atoms with Crippen molar-refractivity contribution in [2.75, 3.05) is 14.7 Å². The second kappa shape index (κ2) is 31.2. The molecule has 15 aliphatic rings. The lowest BCUT2D eigenvalue weighted by Gasteiger charge is -2.61. The van der Waals surface area contributed by atoms with Crippen molar-refractivity contribution in [3.05, 3.63) is 446 Å². The third kappa shape index (κ3) is 12.0. The predicted molar refractivity (Wildman–Crippen MR) is 556 cm³/mol. The number of hydrogen-bond donors (Lipinski definition) is 0. The average Bonchev–Trinajstić information content (AvgIpc) is 1.50. The smallest absolute Gasteiger partial charge is 0.0561 e. The van der Waals surface area contributed by atoms with Gasteiger partial charge in [0.25, 0.3) is 0 Å². The van der Waals surface area contributed by atoms with E-state index in [0.717, 1.165) is 71.0 Å².